The normalized spacial score (nSPS) is 10.2. The van der Waals surface area contributed by atoms with Crippen LogP contribution in [0.15, 0.2) is 6.20 Å². The second kappa shape index (κ2) is 6.02. The minimum atomic E-state index is -2.88. The number of hydrogen-bond acceptors (Lipinski definition) is 5. The van der Waals surface area contributed by atoms with Crippen LogP contribution >= 0.6 is 0 Å². The summed E-state index contributed by atoms with van der Waals surface area (Å²) in [6.45, 7) is -0.0994. The lowest BCUT2D eigenvalue weighted by Crippen LogP contribution is -2.15. The van der Waals surface area contributed by atoms with Gasteiger partial charge in [-0.1, -0.05) is 0 Å². The fourth-order valence-corrected chi connectivity index (χ4v) is 1.54. The molecule has 0 bridgehead atoms. The minimum absolute atomic E-state index is 0.0293. The molecule has 96 valence electrons. The van der Waals surface area contributed by atoms with Crippen LogP contribution in [0.2, 0.25) is 0 Å². The van der Waals surface area contributed by atoms with Crippen molar-refractivity contribution in [3.8, 4) is 6.07 Å². The minimum Gasteiger partial charge on any atom is -0.469 e. The summed E-state index contributed by atoms with van der Waals surface area (Å²) < 4.78 is 30.4. The zero-order valence-corrected chi connectivity index (χ0v) is 9.61. The first-order valence-corrected chi connectivity index (χ1v) is 5.00. The van der Waals surface area contributed by atoms with E-state index in [9.17, 15) is 13.6 Å². The van der Waals surface area contributed by atoms with Crippen LogP contribution in [0.1, 0.15) is 28.8 Å². The summed E-state index contributed by atoms with van der Waals surface area (Å²) in [5.41, 5.74) is 4.75. The van der Waals surface area contributed by atoms with Gasteiger partial charge in [0, 0.05) is 18.3 Å². The number of nitriles is 1. The first kappa shape index (κ1) is 14.0. The molecule has 1 aromatic heterocycles. The number of methoxy groups -OCH3 is 1. The number of carbonyl (C=O) groups is 1. The van der Waals surface area contributed by atoms with Crippen LogP contribution < -0.4 is 5.73 Å². The van der Waals surface area contributed by atoms with Gasteiger partial charge in [0.25, 0.3) is 6.43 Å². The molecule has 1 aromatic rings. The van der Waals surface area contributed by atoms with Gasteiger partial charge >= 0.3 is 5.97 Å². The lowest BCUT2D eigenvalue weighted by molar-refractivity contribution is -0.139. The zero-order chi connectivity index (χ0) is 13.7. The van der Waals surface area contributed by atoms with Crippen molar-refractivity contribution in [3.05, 3.63) is 28.6 Å². The predicted octanol–water partition coefficient (Wildman–Crippen LogP) is 1.07. The van der Waals surface area contributed by atoms with Crippen molar-refractivity contribution < 1.29 is 18.3 Å². The lowest BCUT2D eigenvalue weighted by atomic mass is 9.99. The van der Waals surface area contributed by atoms with Crippen LogP contribution in [-0.4, -0.2) is 18.1 Å². The van der Waals surface area contributed by atoms with Crippen molar-refractivity contribution in [1.29, 1.82) is 5.26 Å². The van der Waals surface area contributed by atoms with Gasteiger partial charge in [-0.3, -0.25) is 9.78 Å². The summed E-state index contributed by atoms with van der Waals surface area (Å²) in [5.74, 6) is -0.691. The quantitative estimate of drug-likeness (QED) is 0.813. The molecule has 0 saturated carbocycles. The summed E-state index contributed by atoms with van der Waals surface area (Å²) >= 11 is 0. The average molecular weight is 255 g/mol. The zero-order valence-electron chi connectivity index (χ0n) is 9.61. The van der Waals surface area contributed by atoms with Crippen molar-refractivity contribution >= 4 is 5.97 Å². The van der Waals surface area contributed by atoms with Crippen LogP contribution in [0.4, 0.5) is 8.78 Å². The number of carbonyl (C=O) groups excluding carboxylic acids is 1. The lowest BCUT2D eigenvalue weighted by Gasteiger charge is -2.13. The molecule has 0 aliphatic heterocycles. The number of pyridine rings is 1. The molecule has 0 unspecified atom stereocenters. The second-order valence-electron chi connectivity index (χ2n) is 3.38. The highest BCUT2D eigenvalue weighted by Crippen LogP contribution is 2.28. The molecule has 0 radical (unpaired) electrons. The third-order valence-corrected chi connectivity index (χ3v) is 2.39. The topological polar surface area (TPSA) is 89.0 Å². The van der Waals surface area contributed by atoms with Gasteiger partial charge in [0.1, 0.15) is 6.07 Å². The molecule has 7 heteroatoms. The van der Waals surface area contributed by atoms with Crippen molar-refractivity contribution in [2.75, 3.05) is 7.11 Å². The number of halogens is 2. The van der Waals surface area contributed by atoms with E-state index in [0.29, 0.717) is 0 Å². The first-order chi connectivity index (χ1) is 8.54. The van der Waals surface area contributed by atoms with Crippen LogP contribution in [0, 0.1) is 11.3 Å². The van der Waals surface area contributed by atoms with Gasteiger partial charge in [-0.2, -0.15) is 5.26 Å². The molecular formula is C11H11F2N3O2. The molecule has 0 spiro atoms. The van der Waals surface area contributed by atoms with Crippen molar-refractivity contribution in [2.45, 2.75) is 19.4 Å². The largest absolute Gasteiger partial charge is 0.469 e. The maximum Gasteiger partial charge on any atom is 0.310 e. The number of nitrogens with two attached hydrogens (primary N) is 1. The molecule has 1 heterocycles. The van der Waals surface area contributed by atoms with Gasteiger partial charge in [0.05, 0.1) is 24.8 Å². The van der Waals surface area contributed by atoms with E-state index in [0.717, 1.165) is 13.3 Å². The third kappa shape index (κ3) is 2.78. The van der Waals surface area contributed by atoms with Crippen molar-refractivity contribution in [3.63, 3.8) is 0 Å². The summed E-state index contributed by atoms with van der Waals surface area (Å²) in [6.07, 6.45) is -2.23. The number of alkyl halides is 2. The third-order valence-electron chi connectivity index (χ3n) is 2.39. The fraction of sp³-hybridized carbons (Fsp3) is 0.364. The van der Waals surface area contributed by atoms with Gasteiger partial charge in [0.15, 0.2) is 0 Å². The van der Waals surface area contributed by atoms with Crippen molar-refractivity contribution in [2.24, 2.45) is 5.73 Å². The Morgan fingerprint density at radius 2 is 2.33 bits per heavy atom. The van der Waals surface area contributed by atoms with E-state index in [1.807, 2.05) is 0 Å². The molecule has 0 atom stereocenters. The number of esters is 1. The maximum absolute atomic E-state index is 13.0. The van der Waals surface area contributed by atoms with Crippen LogP contribution in [0.3, 0.4) is 0 Å². The van der Waals surface area contributed by atoms with Crippen LogP contribution in [0.5, 0.6) is 0 Å². The molecule has 0 amide bonds. The van der Waals surface area contributed by atoms with E-state index >= 15 is 0 Å². The summed E-state index contributed by atoms with van der Waals surface area (Å²) in [6, 6.07) is 1.62. The Morgan fingerprint density at radius 3 is 2.78 bits per heavy atom. The Hall–Kier alpha value is -2.07. The van der Waals surface area contributed by atoms with E-state index in [2.05, 4.69) is 9.72 Å². The van der Waals surface area contributed by atoms with Gasteiger partial charge in [-0.15, -0.1) is 0 Å². The number of ether oxygens (including phenoxy) is 1. The molecule has 0 saturated heterocycles. The molecule has 0 aliphatic carbocycles. The molecular weight excluding hydrogens is 244 g/mol. The van der Waals surface area contributed by atoms with Crippen LogP contribution in [-0.2, 0) is 22.5 Å². The monoisotopic (exact) mass is 255 g/mol. The van der Waals surface area contributed by atoms with Gasteiger partial charge in [-0.05, 0) is 5.56 Å². The number of nitrogens with zero attached hydrogens (tertiary/aromatic N) is 2. The van der Waals surface area contributed by atoms with E-state index in [4.69, 9.17) is 11.0 Å². The molecule has 2 N–H and O–H groups in total. The highest BCUT2D eigenvalue weighted by molar-refractivity contribution is 5.73. The molecule has 0 fully saturated rings. The molecule has 0 aliphatic rings. The molecule has 5 nitrogen and oxygen atoms in total. The van der Waals surface area contributed by atoms with Gasteiger partial charge in [0.2, 0.25) is 0 Å². The Labute approximate surface area is 102 Å². The maximum atomic E-state index is 13.0. The van der Waals surface area contributed by atoms with Crippen LogP contribution in [0.25, 0.3) is 0 Å². The Bertz CT molecular complexity index is 498. The van der Waals surface area contributed by atoms with Crippen molar-refractivity contribution in [1.82, 2.24) is 4.98 Å². The number of aromatic nitrogens is 1. The van der Waals surface area contributed by atoms with E-state index < -0.39 is 18.0 Å². The van der Waals surface area contributed by atoms with E-state index in [1.54, 1.807) is 6.07 Å². The Balaban J connectivity index is 3.41. The Morgan fingerprint density at radius 1 is 1.67 bits per heavy atom. The first-order valence-electron chi connectivity index (χ1n) is 5.00. The number of rotatable bonds is 4. The SMILES string of the molecule is COC(=O)Cc1c(CN)ncc(C#N)c1C(F)F. The highest BCUT2D eigenvalue weighted by Gasteiger charge is 2.23. The number of hydrogen-bond donors (Lipinski definition) is 1. The van der Waals surface area contributed by atoms with Gasteiger partial charge in [-0.25, -0.2) is 8.78 Å². The fourth-order valence-electron chi connectivity index (χ4n) is 1.54. The molecule has 1 rings (SSSR count). The molecule has 18 heavy (non-hydrogen) atoms. The summed E-state index contributed by atoms with van der Waals surface area (Å²) in [7, 11) is 1.15. The smallest absolute Gasteiger partial charge is 0.310 e. The summed E-state index contributed by atoms with van der Waals surface area (Å²) in [4.78, 5) is 15.0. The standard InChI is InChI=1S/C11H11F2N3O2/c1-18-9(17)2-7-8(4-15)16-5-6(3-14)10(7)11(12)13/h5,11H,2,4,15H2,1H3. The van der Waals surface area contributed by atoms with E-state index in [1.165, 1.54) is 0 Å². The van der Waals surface area contributed by atoms with Gasteiger partial charge < -0.3 is 10.5 Å². The average Bonchev–Trinajstić information content (AvgIpc) is 2.37. The molecule has 0 aromatic carbocycles. The second-order valence-corrected chi connectivity index (χ2v) is 3.38. The Kier molecular flexibility index (Phi) is 4.68. The van der Waals surface area contributed by atoms with E-state index in [-0.39, 0.29) is 29.8 Å². The predicted molar refractivity (Wildman–Crippen MR) is 57.5 cm³/mol. The highest BCUT2D eigenvalue weighted by atomic mass is 19.3. The summed E-state index contributed by atoms with van der Waals surface area (Å²) in [5, 5.41) is 8.78.